The molecule has 0 radical (unpaired) electrons. The predicted molar refractivity (Wildman–Crippen MR) is 103 cm³/mol. The second kappa shape index (κ2) is 7.78. The highest BCUT2D eigenvalue weighted by Gasteiger charge is 2.34. The molecule has 2 aromatic carbocycles. The van der Waals surface area contributed by atoms with E-state index in [-0.39, 0.29) is 17.6 Å². The summed E-state index contributed by atoms with van der Waals surface area (Å²) in [6.45, 7) is 4.24. The lowest BCUT2D eigenvalue weighted by atomic mass is 10.1. The summed E-state index contributed by atoms with van der Waals surface area (Å²) < 4.78 is 5.19. The molecule has 0 bridgehead atoms. The highest BCUT2D eigenvalue weighted by molar-refractivity contribution is 5.95. The molecule has 0 saturated heterocycles. The average molecular weight is 368 g/mol. The number of nitrogens with zero attached hydrogens (tertiary/aromatic N) is 2. The van der Waals surface area contributed by atoms with Crippen LogP contribution in [0.5, 0.6) is 5.75 Å². The molecule has 0 spiro atoms. The molecule has 1 amide bonds. The third-order valence-electron chi connectivity index (χ3n) is 5.21. The smallest absolute Gasteiger partial charge is 0.272 e. The quantitative estimate of drug-likeness (QED) is 0.538. The normalized spacial score (nSPS) is 14.5. The first-order valence-electron chi connectivity index (χ1n) is 9.09. The molecule has 0 aliphatic heterocycles. The van der Waals surface area contributed by atoms with Gasteiger partial charge in [0.25, 0.3) is 11.6 Å². The van der Waals surface area contributed by atoms with E-state index in [9.17, 15) is 14.9 Å². The highest BCUT2D eigenvalue weighted by Crippen LogP contribution is 2.36. The second-order valence-corrected chi connectivity index (χ2v) is 7.12. The Morgan fingerprint density at radius 3 is 2.44 bits per heavy atom. The molecule has 3 rings (SSSR count). The maximum atomic E-state index is 13.2. The Kier molecular flexibility index (Phi) is 5.44. The number of ether oxygens (including phenoxy) is 1. The summed E-state index contributed by atoms with van der Waals surface area (Å²) >= 11 is 0. The van der Waals surface area contributed by atoms with Crippen molar-refractivity contribution < 1.29 is 14.5 Å². The van der Waals surface area contributed by atoms with Crippen LogP contribution in [0.3, 0.4) is 0 Å². The lowest BCUT2D eigenvalue weighted by Crippen LogP contribution is -2.39. The van der Waals surface area contributed by atoms with Crippen molar-refractivity contribution in [2.45, 2.75) is 39.3 Å². The van der Waals surface area contributed by atoms with Crippen molar-refractivity contribution in [2.75, 3.05) is 7.11 Å². The van der Waals surface area contributed by atoms with Crippen molar-refractivity contribution in [2.24, 2.45) is 5.92 Å². The van der Waals surface area contributed by atoms with Gasteiger partial charge in [-0.3, -0.25) is 14.9 Å². The molecule has 1 fully saturated rings. The summed E-state index contributed by atoms with van der Waals surface area (Å²) in [7, 11) is 1.62. The Morgan fingerprint density at radius 2 is 1.93 bits per heavy atom. The minimum Gasteiger partial charge on any atom is -0.497 e. The Hall–Kier alpha value is -2.89. The van der Waals surface area contributed by atoms with Gasteiger partial charge in [-0.05, 0) is 62.4 Å². The van der Waals surface area contributed by atoms with Crippen LogP contribution in [0.15, 0.2) is 42.5 Å². The molecule has 0 N–H and O–H groups in total. The topological polar surface area (TPSA) is 72.7 Å². The Bertz CT molecular complexity index is 844. The Labute approximate surface area is 158 Å². The van der Waals surface area contributed by atoms with Crippen LogP contribution in [0.1, 0.15) is 41.3 Å². The zero-order chi connectivity index (χ0) is 19.6. The van der Waals surface area contributed by atoms with Gasteiger partial charge >= 0.3 is 0 Å². The number of amides is 1. The van der Waals surface area contributed by atoms with Gasteiger partial charge in [0.05, 0.1) is 12.0 Å². The zero-order valence-corrected chi connectivity index (χ0v) is 15.8. The summed E-state index contributed by atoms with van der Waals surface area (Å²) in [6, 6.07) is 12.4. The summed E-state index contributed by atoms with van der Waals surface area (Å²) in [5.74, 6) is 1.20. The van der Waals surface area contributed by atoms with Gasteiger partial charge in [-0.25, -0.2) is 0 Å². The van der Waals surface area contributed by atoms with Crippen molar-refractivity contribution in [3.8, 4) is 5.75 Å². The number of nitro groups is 1. The van der Waals surface area contributed by atoms with Gasteiger partial charge in [-0.1, -0.05) is 12.1 Å². The van der Waals surface area contributed by atoms with Crippen molar-refractivity contribution in [3.63, 3.8) is 0 Å². The van der Waals surface area contributed by atoms with E-state index in [2.05, 4.69) is 6.92 Å². The maximum Gasteiger partial charge on any atom is 0.272 e. The first-order chi connectivity index (χ1) is 12.9. The standard InChI is InChI=1S/C21H24N2O4/c1-14-12-18(8-11-20(14)23(25)26)21(24)22(15(2)17-6-7-17)13-16-4-9-19(27-3)10-5-16/h4-5,8-12,15,17H,6-7,13H2,1-3H3. The largest absolute Gasteiger partial charge is 0.497 e. The summed E-state index contributed by atoms with van der Waals surface area (Å²) in [4.78, 5) is 25.7. The molecule has 6 nitrogen and oxygen atoms in total. The van der Waals surface area contributed by atoms with Crippen LogP contribution < -0.4 is 4.74 Å². The van der Waals surface area contributed by atoms with Gasteiger partial charge in [0.1, 0.15) is 5.75 Å². The molecule has 1 aliphatic carbocycles. The minimum absolute atomic E-state index is 0.0310. The van der Waals surface area contributed by atoms with Crippen LogP contribution in [0, 0.1) is 23.0 Å². The fourth-order valence-corrected chi connectivity index (χ4v) is 3.32. The summed E-state index contributed by atoms with van der Waals surface area (Å²) in [5, 5.41) is 11.0. The minimum atomic E-state index is -0.425. The molecule has 1 atom stereocenters. The monoisotopic (exact) mass is 368 g/mol. The number of nitro benzene ring substituents is 1. The highest BCUT2D eigenvalue weighted by atomic mass is 16.6. The van der Waals surface area contributed by atoms with Gasteiger partial charge in [0.15, 0.2) is 0 Å². The Morgan fingerprint density at radius 1 is 1.26 bits per heavy atom. The van der Waals surface area contributed by atoms with Crippen molar-refractivity contribution in [3.05, 3.63) is 69.3 Å². The van der Waals surface area contributed by atoms with E-state index >= 15 is 0 Å². The van der Waals surface area contributed by atoms with Crippen molar-refractivity contribution >= 4 is 11.6 Å². The molecule has 1 aliphatic rings. The number of aryl methyl sites for hydroxylation is 1. The number of hydrogen-bond acceptors (Lipinski definition) is 4. The number of carbonyl (C=O) groups is 1. The van der Waals surface area contributed by atoms with Gasteiger partial charge in [-0.15, -0.1) is 0 Å². The zero-order valence-electron chi connectivity index (χ0n) is 15.8. The number of hydrogen-bond donors (Lipinski definition) is 0. The fourth-order valence-electron chi connectivity index (χ4n) is 3.32. The van der Waals surface area contributed by atoms with E-state index in [0.29, 0.717) is 23.6 Å². The van der Waals surface area contributed by atoms with Gasteiger partial charge < -0.3 is 9.64 Å². The van der Waals surface area contributed by atoms with Crippen LogP contribution in [-0.2, 0) is 6.54 Å². The molecule has 27 heavy (non-hydrogen) atoms. The lowest BCUT2D eigenvalue weighted by molar-refractivity contribution is -0.385. The number of carbonyl (C=O) groups excluding carboxylic acids is 1. The molecule has 1 unspecified atom stereocenters. The number of rotatable bonds is 7. The molecular weight excluding hydrogens is 344 g/mol. The van der Waals surface area contributed by atoms with E-state index in [1.165, 1.54) is 6.07 Å². The second-order valence-electron chi connectivity index (χ2n) is 7.12. The predicted octanol–water partition coefficient (Wildman–Crippen LogP) is 4.35. The molecule has 6 heteroatoms. The molecule has 1 saturated carbocycles. The first kappa shape index (κ1) is 18.9. The van der Waals surface area contributed by atoms with E-state index < -0.39 is 4.92 Å². The SMILES string of the molecule is COc1ccc(CN(C(=O)c2ccc([N+](=O)[O-])c(C)c2)C(C)C2CC2)cc1. The van der Waals surface area contributed by atoms with Crippen LogP contribution in [-0.4, -0.2) is 28.9 Å². The van der Waals surface area contributed by atoms with Gasteiger partial charge in [-0.2, -0.15) is 0 Å². The van der Waals surface area contributed by atoms with Crippen molar-refractivity contribution in [1.82, 2.24) is 4.90 Å². The average Bonchev–Trinajstić information content (AvgIpc) is 3.50. The number of benzene rings is 2. The van der Waals surface area contributed by atoms with E-state index in [1.807, 2.05) is 29.2 Å². The molecule has 142 valence electrons. The van der Waals surface area contributed by atoms with E-state index in [4.69, 9.17) is 4.74 Å². The maximum absolute atomic E-state index is 13.2. The molecular formula is C21H24N2O4. The molecule has 0 aromatic heterocycles. The van der Waals surface area contributed by atoms with Crippen molar-refractivity contribution in [1.29, 1.82) is 0 Å². The fraction of sp³-hybridized carbons (Fsp3) is 0.381. The van der Waals surface area contributed by atoms with Gasteiger partial charge in [0, 0.05) is 29.8 Å². The van der Waals surface area contributed by atoms with Crippen LogP contribution in [0.4, 0.5) is 5.69 Å². The summed E-state index contributed by atoms with van der Waals surface area (Å²) in [6.07, 6.45) is 2.26. The lowest BCUT2D eigenvalue weighted by Gasteiger charge is -2.30. The van der Waals surface area contributed by atoms with Crippen LogP contribution >= 0.6 is 0 Å². The van der Waals surface area contributed by atoms with E-state index in [1.54, 1.807) is 26.2 Å². The van der Waals surface area contributed by atoms with Gasteiger partial charge in [0.2, 0.25) is 0 Å². The summed E-state index contributed by atoms with van der Waals surface area (Å²) in [5.41, 5.74) is 2.03. The molecule has 2 aromatic rings. The third kappa shape index (κ3) is 4.27. The van der Waals surface area contributed by atoms with Crippen LogP contribution in [0.25, 0.3) is 0 Å². The molecule has 0 heterocycles. The van der Waals surface area contributed by atoms with E-state index in [0.717, 1.165) is 24.2 Å². The first-order valence-corrected chi connectivity index (χ1v) is 9.09. The van der Waals surface area contributed by atoms with Crippen LogP contribution in [0.2, 0.25) is 0 Å². The third-order valence-corrected chi connectivity index (χ3v) is 5.21. The number of methoxy groups -OCH3 is 1. The Balaban J connectivity index is 1.86.